The molecule has 1 aliphatic heterocycles. The Hall–Kier alpha value is -2.15. The second-order valence-corrected chi connectivity index (χ2v) is 7.35. The van der Waals surface area contributed by atoms with Crippen molar-refractivity contribution in [2.24, 2.45) is 0 Å². The van der Waals surface area contributed by atoms with E-state index in [0.717, 1.165) is 16.7 Å². The number of fused-ring (bicyclic) bond motifs is 1. The number of para-hydroxylation sites is 2. The molecule has 1 atom stereocenters. The van der Waals surface area contributed by atoms with Gasteiger partial charge in [0, 0.05) is 25.5 Å². The van der Waals surface area contributed by atoms with Gasteiger partial charge in [-0.2, -0.15) is 0 Å². The fraction of sp³-hybridized carbons (Fsp3) is 0.444. The molecule has 7 heteroatoms. The third-order valence-electron chi connectivity index (χ3n) is 4.37. The quantitative estimate of drug-likeness (QED) is 0.742. The monoisotopic (exact) mass is 359 g/mol. The van der Waals surface area contributed by atoms with Crippen LogP contribution >= 0.6 is 11.8 Å². The van der Waals surface area contributed by atoms with Crippen molar-refractivity contribution in [1.82, 2.24) is 14.5 Å². The first-order chi connectivity index (χ1) is 12.2. The smallest absolute Gasteiger partial charge is 0.232 e. The van der Waals surface area contributed by atoms with Gasteiger partial charge in [0.1, 0.15) is 6.61 Å². The molecular weight excluding hydrogens is 338 g/mol. The van der Waals surface area contributed by atoms with Crippen molar-refractivity contribution in [2.75, 3.05) is 26.0 Å². The number of imidazole rings is 1. The highest BCUT2D eigenvalue weighted by Crippen LogP contribution is 2.37. The highest BCUT2D eigenvalue weighted by atomic mass is 32.2. The molecule has 2 aromatic rings. The van der Waals surface area contributed by atoms with E-state index in [1.165, 1.54) is 24.6 Å². The SMILES string of the molecule is CN(C[C@H]1COc2ccccc2O1)C(=O)CSc1nccn1C1CC1. The number of thioether (sulfide) groups is 1. The van der Waals surface area contributed by atoms with E-state index in [4.69, 9.17) is 9.47 Å². The summed E-state index contributed by atoms with van der Waals surface area (Å²) >= 11 is 1.50. The molecule has 2 aliphatic rings. The highest BCUT2D eigenvalue weighted by molar-refractivity contribution is 7.99. The fourth-order valence-electron chi connectivity index (χ4n) is 2.84. The molecular formula is C18H21N3O3S. The molecule has 132 valence electrons. The average Bonchev–Trinajstić information content (AvgIpc) is 3.37. The fourth-order valence-corrected chi connectivity index (χ4v) is 3.81. The van der Waals surface area contributed by atoms with E-state index in [0.29, 0.717) is 24.9 Å². The minimum Gasteiger partial charge on any atom is -0.486 e. The van der Waals surface area contributed by atoms with E-state index in [9.17, 15) is 4.79 Å². The normalized spacial score (nSPS) is 18.8. The zero-order valence-corrected chi connectivity index (χ0v) is 14.9. The Morgan fingerprint density at radius 3 is 2.96 bits per heavy atom. The summed E-state index contributed by atoms with van der Waals surface area (Å²) in [6, 6.07) is 8.18. The number of benzene rings is 1. The van der Waals surface area contributed by atoms with Crippen LogP contribution in [0, 0.1) is 0 Å². The van der Waals surface area contributed by atoms with Crippen molar-refractivity contribution in [1.29, 1.82) is 0 Å². The standard InChI is InChI=1S/C18H21N3O3S/c1-20(10-14-11-23-15-4-2-3-5-16(15)24-14)17(22)12-25-18-19-8-9-21(18)13-6-7-13/h2-5,8-9,13-14H,6-7,10-12H2,1H3/t14-/m0/s1. The number of likely N-dealkylation sites (N-methyl/N-ethyl adjacent to an activating group) is 1. The Morgan fingerprint density at radius 2 is 2.16 bits per heavy atom. The predicted molar refractivity (Wildman–Crippen MR) is 95.2 cm³/mol. The number of carbonyl (C=O) groups excluding carboxylic acids is 1. The van der Waals surface area contributed by atoms with Crippen LogP contribution in [-0.2, 0) is 4.79 Å². The van der Waals surface area contributed by atoms with E-state index in [1.54, 1.807) is 18.1 Å². The summed E-state index contributed by atoms with van der Waals surface area (Å²) in [4.78, 5) is 18.5. The largest absolute Gasteiger partial charge is 0.486 e. The summed E-state index contributed by atoms with van der Waals surface area (Å²) in [6.07, 6.45) is 6.07. The molecule has 4 rings (SSSR count). The van der Waals surface area contributed by atoms with Gasteiger partial charge < -0.3 is 18.9 Å². The van der Waals surface area contributed by atoms with Crippen molar-refractivity contribution in [3.05, 3.63) is 36.7 Å². The number of amides is 1. The lowest BCUT2D eigenvalue weighted by atomic mass is 10.2. The summed E-state index contributed by atoms with van der Waals surface area (Å²) < 4.78 is 13.8. The first-order valence-corrected chi connectivity index (χ1v) is 9.47. The molecule has 1 fully saturated rings. The lowest BCUT2D eigenvalue weighted by Gasteiger charge is -2.29. The van der Waals surface area contributed by atoms with E-state index < -0.39 is 0 Å². The van der Waals surface area contributed by atoms with Crippen LogP contribution in [0.5, 0.6) is 11.5 Å². The Labute approximate surface area is 151 Å². The third kappa shape index (κ3) is 3.76. The molecule has 0 saturated heterocycles. The summed E-state index contributed by atoms with van der Waals surface area (Å²) in [6.45, 7) is 0.957. The van der Waals surface area contributed by atoms with Crippen LogP contribution in [0.4, 0.5) is 0 Å². The van der Waals surface area contributed by atoms with Crippen LogP contribution in [-0.4, -0.2) is 52.4 Å². The van der Waals surface area contributed by atoms with Crippen molar-refractivity contribution >= 4 is 17.7 Å². The first-order valence-electron chi connectivity index (χ1n) is 8.49. The van der Waals surface area contributed by atoms with E-state index in [-0.39, 0.29) is 12.0 Å². The van der Waals surface area contributed by atoms with Gasteiger partial charge >= 0.3 is 0 Å². The van der Waals surface area contributed by atoms with Gasteiger partial charge in [0.15, 0.2) is 22.8 Å². The number of rotatable bonds is 6. The lowest BCUT2D eigenvalue weighted by molar-refractivity contribution is -0.128. The maximum absolute atomic E-state index is 12.4. The zero-order chi connectivity index (χ0) is 17.2. The van der Waals surface area contributed by atoms with Crippen LogP contribution in [0.2, 0.25) is 0 Å². The van der Waals surface area contributed by atoms with Crippen LogP contribution in [0.3, 0.4) is 0 Å². The summed E-state index contributed by atoms with van der Waals surface area (Å²) in [5.74, 6) is 1.94. The molecule has 1 aromatic carbocycles. The molecule has 0 radical (unpaired) electrons. The molecule has 1 aromatic heterocycles. The van der Waals surface area contributed by atoms with Gasteiger partial charge in [-0.15, -0.1) is 0 Å². The van der Waals surface area contributed by atoms with E-state index in [2.05, 4.69) is 9.55 Å². The Morgan fingerprint density at radius 1 is 1.36 bits per heavy atom. The van der Waals surface area contributed by atoms with Crippen LogP contribution in [0.15, 0.2) is 41.8 Å². The van der Waals surface area contributed by atoms with E-state index in [1.807, 2.05) is 30.5 Å². The first kappa shape index (κ1) is 16.3. The minimum atomic E-state index is -0.151. The average molecular weight is 359 g/mol. The topological polar surface area (TPSA) is 56.6 Å². The van der Waals surface area contributed by atoms with Crippen LogP contribution in [0.1, 0.15) is 18.9 Å². The number of carbonyl (C=O) groups is 1. The molecule has 1 aliphatic carbocycles. The number of hydrogen-bond donors (Lipinski definition) is 0. The zero-order valence-electron chi connectivity index (χ0n) is 14.1. The Bertz CT molecular complexity index is 760. The molecule has 6 nitrogen and oxygen atoms in total. The summed E-state index contributed by atoms with van der Waals surface area (Å²) in [5, 5.41) is 0.926. The van der Waals surface area contributed by atoms with Gasteiger partial charge in [-0.25, -0.2) is 4.98 Å². The molecule has 0 unspecified atom stereocenters. The van der Waals surface area contributed by atoms with Gasteiger partial charge in [0.05, 0.1) is 12.3 Å². The second kappa shape index (κ2) is 7.00. The van der Waals surface area contributed by atoms with Gasteiger partial charge in [-0.3, -0.25) is 4.79 Å². The van der Waals surface area contributed by atoms with Gasteiger partial charge in [-0.05, 0) is 25.0 Å². The number of aromatic nitrogens is 2. The Balaban J connectivity index is 1.28. The van der Waals surface area contributed by atoms with E-state index >= 15 is 0 Å². The molecule has 1 amide bonds. The maximum Gasteiger partial charge on any atom is 0.232 e. The van der Waals surface area contributed by atoms with Gasteiger partial charge in [-0.1, -0.05) is 23.9 Å². The third-order valence-corrected chi connectivity index (χ3v) is 5.33. The molecule has 2 heterocycles. The predicted octanol–water partition coefficient (Wildman–Crippen LogP) is 2.61. The molecule has 0 N–H and O–H groups in total. The van der Waals surface area contributed by atoms with Gasteiger partial charge in [0.2, 0.25) is 5.91 Å². The summed E-state index contributed by atoms with van der Waals surface area (Å²) in [7, 11) is 1.81. The maximum atomic E-state index is 12.4. The molecule has 0 spiro atoms. The summed E-state index contributed by atoms with van der Waals surface area (Å²) in [5.41, 5.74) is 0. The lowest BCUT2D eigenvalue weighted by Crippen LogP contribution is -2.42. The van der Waals surface area contributed by atoms with Gasteiger partial charge in [0.25, 0.3) is 0 Å². The van der Waals surface area contributed by atoms with Crippen LogP contribution < -0.4 is 9.47 Å². The highest BCUT2D eigenvalue weighted by Gasteiger charge is 2.27. The number of nitrogens with zero attached hydrogens (tertiary/aromatic N) is 3. The van der Waals surface area contributed by atoms with Crippen molar-refractivity contribution in [3.63, 3.8) is 0 Å². The Kier molecular flexibility index (Phi) is 4.57. The van der Waals surface area contributed by atoms with Crippen molar-refractivity contribution < 1.29 is 14.3 Å². The number of hydrogen-bond acceptors (Lipinski definition) is 5. The van der Waals surface area contributed by atoms with Crippen molar-refractivity contribution in [2.45, 2.75) is 30.1 Å². The number of ether oxygens (including phenoxy) is 2. The van der Waals surface area contributed by atoms with Crippen molar-refractivity contribution in [3.8, 4) is 11.5 Å². The second-order valence-electron chi connectivity index (χ2n) is 6.41. The molecule has 0 bridgehead atoms. The minimum absolute atomic E-state index is 0.0674. The molecule has 1 saturated carbocycles. The van der Waals surface area contributed by atoms with Crippen LogP contribution in [0.25, 0.3) is 0 Å². The molecule has 25 heavy (non-hydrogen) atoms.